The summed E-state index contributed by atoms with van der Waals surface area (Å²) in [5, 5.41) is 2.54. The monoisotopic (exact) mass is 319 g/mol. The smallest absolute Gasteiger partial charge is 0.330 e. The van der Waals surface area contributed by atoms with Crippen LogP contribution in [0.15, 0.2) is 48.8 Å². The van der Waals surface area contributed by atoms with Gasteiger partial charge < -0.3 is 5.32 Å². The average Bonchev–Trinajstić information content (AvgIpc) is 2.57. The lowest BCUT2D eigenvalue weighted by molar-refractivity contribution is -0.112. The number of rotatable bonds is 5. The lowest BCUT2D eigenvalue weighted by atomic mass is 10.0. The van der Waals surface area contributed by atoms with Gasteiger partial charge in [-0.2, -0.15) is 4.31 Å². The number of hydrogen-bond donors (Lipinski definition) is 1. The van der Waals surface area contributed by atoms with E-state index in [0.717, 1.165) is 16.7 Å². The van der Waals surface area contributed by atoms with Gasteiger partial charge in [0.05, 0.1) is 6.04 Å². The van der Waals surface area contributed by atoms with Crippen molar-refractivity contribution in [2.24, 2.45) is 0 Å². The molecule has 3 amide bonds. The van der Waals surface area contributed by atoms with E-state index in [1.807, 2.05) is 36.4 Å². The molecule has 0 aliphatic carbocycles. The number of pyridine rings is 1. The molecule has 0 bridgehead atoms. The Morgan fingerprint density at radius 3 is 2.36 bits per heavy atom. The van der Waals surface area contributed by atoms with Crippen molar-refractivity contribution >= 4 is 24.8 Å². The molecular formula is C15H14FN3O2S. The van der Waals surface area contributed by atoms with Gasteiger partial charge in [-0.25, -0.2) is 4.79 Å². The fraction of sp³-hybridized carbons (Fsp3) is 0.133. The summed E-state index contributed by atoms with van der Waals surface area (Å²) in [5.74, 6) is 0. The minimum atomic E-state index is -0.798. The van der Waals surface area contributed by atoms with Crippen molar-refractivity contribution in [2.45, 2.75) is 13.0 Å². The first-order valence-electron chi connectivity index (χ1n) is 6.49. The molecule has 1 aromatic heterocycles. The number of urea groups is 1. The van der Waals surface area contributed by atoms with Gasteiger partial charge in [-0.3, -0.25) is 9.78 Å². The molecule has 7 heteroatoms. The van der Waals surface area contributed by atoms with Crippen LogP contribution in [0.2, 0.25) is 0 Å². The second-order valence-electron chi connectivity index (χ2n) is 4.53. The normalized spacial score (nSPS) is 11.5. The van der Waals surface area contributed by atoms with Crippen LogP contribution in [-0.4, -0.2) is 21.7 Å². The minimum absolute atomic E-state index is 0.124. The predicted molar refractivity (Wildman–Crippen MR) is 83.2 cm³/mol. The summed E-state index contributed by atoms with van der Waals surface area (Å²) in [6.45, 7) is 1.76. The van der Waals surface area contributed by atoms with Gasteiger partial charge in [-0.15, -0.1) is 3.89 Å². The Kier molecular flexibility index (Phi) is 5.48. The van der Waals surface area contributed by atoms with Crippen LogP contribution >= 0.6 is 12.3 Å². The summed E-state index contributed by atoms with van der Waals surface area (Å²) in [6.07, 6.45) is 3.56. The molecule has 2 aromatic rings. The van der Waals surface area contributed by atoms with Crippen LogP contribution in [0.3, 0.4) is 0 Å². The number of imide groups is 1. The van der Waals surface area contributed by atoms with Crippen LogP contribution in [-0.2, 0) is 4.79 Å². The van der Waals surface area contributed by atoms with Crippen molar-refractivity contribution in [3.8, 4) is 11.1 Å². The molecule has 0 saturated carbocycles. The van der Waals surface area contributed by atoms with E-state index >= 15 is 0 Å². The molecule has 1 atom stereocenters. The molecule has 1 aromatic carbocycles. The summed E-state index contributed by atoms with van der Waals surface area (Å²) in [6, 6.07) is 10.2. The zero-order valence-corrected chi connectivity index (χ0v) is 12.6. The highest BCUT2D eigenvalue weighted by molar-refractivity contribution is 7.92. The third-order valence-electron chi connectivity index (χ3n) is 3.13. The third-order valence-corrected chi connectivity index (χ3v) is 3.54. The number of amides is 3. The van der Waals surface area contributed by atoms with E-state index in [0.29, 0.717) is 4.31 Å². The number of hydrogen-bond acceptors (Lipinski definition) is 4. The highest BCUT2D eigenvalue weighted by Crippen LogP contribution is 2.21. The standard InChI is InChI=1S/C15H14FN3O2S/c1-11(18-15(21)19(10-20)22-16)12-2-4-13(5-3-12)14-6-8-17-9-7-14/h2-11H,1H3,(H,18,21). The first-order chi connectivity index (χ1) is 10.7. The quantitative estimate of drug-likeness (QED) is 0.676. The van der Waals surface area contributed by atoms with Crippen molar-refractivity contribution in [3.63, 3.8) is 0 Å². The van der Waals surface area contributed by atoms with Crippen LogP contribution in [0.4, 0.5) is 8.68 Å². The van der Waals surface area contributed by atoms with Gasteiger partial charge in [-0.05, 0) is 35.7 Å². The summed E-state index contributed by atoms with van der Waals surface area (Å²) in [5.41, 5.74) is 2.92. The second kappa shape index (κ2) is 7.56. The van der Waals surface area contributed by atoms with Crippen LogP contribution in [0, 0.1) is 0 Å². The Morgan fingerprint density at radius 2 is 1.82 bits per heavy atom. The summed E-state index contributed by atoms with van der Waals surface area (Å²) in [7, 11) is 0. The number of carbonyl (C=O) groups excluding carboxylic acids is 2. The van der Waals surface area contributed by atoms with Gasteiger partial charge in [0, 0.05) is 12.4 Å². The molecule has 22 heavy (non-hydrogen) atoms. The Labute approximate surface area is 132 Å². The van der Waals surface area contributed by atoms with Gasteiger partial charge in [0.1, 0.15) is 0 Å². The van der Waals surface area contributed by atoms with Gasteiger partial charge in [0.25, 0.3) is 0 Å². The molecule has 0 saturated heterocycles. The lowest BCUT2D eigenvalue weighted by Crippen LogP contribution is -2.35. The number of aromatic nitrogens is 1. The zero-order valence-electron chi connectivity index (χ0n) is 11.8. The van der Waals surface area contributed by atoms with Crippen LogP contribution in [0.5, 0.6) is 0 Å². The number of benzene rings is 1. The third kappa shape index (κ3) is 3.82. The predicted octanol–water partition coefficient (Wildman–Crippen LogP) is 3.51. The summed E-state index contributed by atoms with van der Waals surface area (Å²) < 4.78 is 12.7. The van der Waals surface area contributed by atoms with Gasteiger partial charge in [0.15, 0.2) is 12.3 Å². The number of nitrogens with one attached hydrogen (secondary N) is 1. The SMILES string of the molecule is CC(NC(=O)N(C=O)SF)c1ccc(-c2ccncc2)cc1. The van der Waals surface area contributed by atoms with Gasteiger partial charge in [0.2, 0.25) is 6.41 Å². The van der Waals surface area contributed by atoms with E-state index in [1.54, 1.807) is 19.3 Å². The van der Waals surface area contributed by atoms with E-state index in [-0.39, 0.29) is 12.5 Å². The molecular weight excluding hydrogens is 305 g/mol. The van der Waals surface area contributed by atoms with Gasteiger partial charge in [-0.1, -0.05) is 24.3 Å². The van der Waals surface area contributed by atoms with Crippen LogP contribution in [0.25, 0.3) is 11.1 Å². The first kappa shape index (κ1) is 16.0. The fourth-order valence-corrected chi connectivity index (χ4v) is 2.08. The van der Waals surface area contributed by atoms with Crippen molar-refractivity contribution in [3.05, 3.63) is 54.4 Å². The molecule has 0 aliphatic heterocycles. The minimum Gasteiger partial charge on any atom is -0.330 e. The molecule has 1 N–H and O–H groups in total. The Morgan fingerprint density at radius 1 is 1.23 bits per heavy atom. The maximum atomic E-state index is 12.3. The molecule has 1 unspecified atom stereocenters. The molecule has 0 aliphatic rings. The van der Waals surface area contributed by atoms with Crippen molar-refractivity contribution in [2.75, 3.05) is 0 Å². The van der Waals surface area contributed by atoms with Crippen molar-refractivity contribution < 1.29 is 13.5 Å². The zero-order chi connectivity index (χ0) is 15.9. The molecule has 0 spiro atoms. The van der Waals surface area contributed by atoms with E-state index in [2.05, 4.69) is 10.3 Å². The van der Waals surface area contributed by atoms with E-state index in [1.165, 1.54) is 0 Å². The number of nitrogens with zero attached hydrogens (tertiary/aromatic N) is 2. The first-order valence-corrected chi connectivity index (χ1v) is 7.17. The number of carbonyl (C=O) groups is 2. The summed E-state index contributed by atoms with van der Waals surface area (Å²) >= 11 is -0.438. The summed E-state index contributed by atoms with van der Waals surface area (Å²) in [4.78, 5) is 26.1. The second-order valence-corrected chi connectivity index (χ2v) is 5.06. The van der Waals surface area contributed by atoms with E-state index < -0.39 is 18.4 Å². The molecule has 0 radical (unpaired) electrons. The van der Waals surface area contributed by atoms with Crippen molar-refractivity contribution in [1.82, 2.24) is 14.6 Å². The largest absolute Gasteiger partial charge is 0.336 e. The maximum absolute atomic E-state index is 12.3. The number of halogens is 1. The Bertz CT molecular complexity index is 637. The molecule has 2 rings (SSSR count). The maximum Gasteiger partial charge on any atom is 0.336 e. The van der Waals surface area contributed by atoms with Crippen LogP contribution in [0.1, 0.15) is 18.5 Å². The average molecular weight is 319 g/mol. The Hall–Kier alpha value is -2.41. The highest BCUT2D eigenvalue weighted by atomic mass is 32.2. The lowest BCUT2D eigenvalue weighted by Gasteiger charge is -2.17. The molecule has 1 heterocycles. The Balaban J connectivity index is 2.07. The topological polar surface area (TPSA) is 62.3 Å². The van der Waals surface area contributed by atoms with Crippen LogP contribution < -0.4 is 5.32 Å². The van der Waals surface area contributed by atoms with E-state index in [4.69, 9.17) is 0 Å². The fourth-order valence-electron chi connectivity index (χ4n) is 1.94. The highest BCUT2D eigenvalue weighted by Gasteiger charge is 2.17. The molecule has 0 fully saturated rings. The molecule has 114 valence electrons. The van der Waals surface area contributed by atoms with Gasteiger partial charge >= 0.3 is 6.03 Å². The van der Waals surface area contributed by atoms with Crippen molar-refractivity contribution in [1.29, 1.82) is 0 Å². The molecule has 5 nitrogen and oxygen atoms in total. The van der Waals surface area contributed by atoms with E-state index in [9.17, 15) is 13.5 Å².